The van der Waals surface area contributed by atoms with E-state index in [1.165, 1.54) is 14.2 Å². The third-order valence-corrected chi connectivity index (χ3v) is 3.99. The van der Waals surface area contributed by atoms with Gasteiger partial charge in [-0.3, -0.25) is 4.79 Å². The van der Waals surface area contributed by atoms with Crippen LogP contribution in [-0.2, 0) is 11.3 Å². The van der Waals surface area contributed by atoms with Gasteiger partial charge in [0.05, 0.1) is 31.5 Å². The van der Waals surface area contributed by atoms with Crippen molar-refractivity contribution in [1.29, 1.82) is 0 Å². The summed E-state index contributed by atoms with van der Waals surface area (Å²) < 4.78 is 16.2. The highest BCUT2D eigenvalue weighted by Crippen LogP contribution is 2.39. The fourth-order valence-corrected chi connectivity index (χ4v) is 2.76. The number of carbonyl (C=O) groups excluding carboxylic acids is 1. The highest BCUT2D eigenvalue weighted by molar-refractivity contribution is 6.32. The third-order valence-electron chi connectivity index (χ3n) is 3.70. The Balaban J connectivity index is 2.07. The number of benzene rings is 2. The van der Waals surface area contributed by atoms with E-state index in [4.69, 9.17) is 25.8 Å². The molecule has 3 rings (SSSR count). The van der Waals surface area contributed by atoms with Crippen LogP contribution in [0.15, 0.2) is 36.4 Å². The second kappa shape index (κ2) is 6.38. The summed E-state index contributed by atoms with van der Waals surface area (Å²) in [6.07, 6.45) is 0. The van der Waals surface area contributed by atoms with Crippen molar-refractivity contribution < 1.29 is 19.0 Å². The van der Waals surface area contributed by atoms with E-state index in [0.29, 0.717) is 34.5 Å². The molecule has 0 spiro atoms. The Morgan fingerprint density at radius 2 is 1.87 bits per heavy atom. The fourth-order valence-electron chi connectivity index (χ4n) is 2.53. The topological polar surface area (TPSA) is 48.0 Å². The van der Waals surface area contributed by atoms with Gasteiger partial charge in [0.25, 0.3) is 5.91 Å². The first kappa shape index (κ1) is 15.5. The molecule has 0 unspecified atom stereocenters. The molecule has 1 aliphatic heterocycles. The average molecular weight is 334 g/mol. The molecule has 120 valence electrons. The first-order valence-electron chi connectivity index (χ1n) is 7.06. The number of hydrogen-bond acceptors (Lipinski definition) is 4. The van der Waals surface area contributed by atoms with Gasteiger partial charge in [0, 0.05) is 17.7 Å². The molecule has 0 saturated carbocycles. The summed E-state index contributed by atoms with van der Waals surface area (Å²) in [4.78, 5) is 14.1. The normalized spacial score (nSPS) is 13.9. The maximum atomic E-state index is 12.5. The molecular weight excluding hydrogens is 318 g/mol. The maximum Gasteiger partial charge on any atom is 0.265 e. The molecule has 1 aliphatic rings. The summed E-state index contributed by atoms with van der Waals surface area (Å²) in [5.74, 6) is 1.53. The van der Waals surface area contributed by atoms with E-state index < -0.39 is 0 Å². The molecule has 1 amide bonds. The summed E-state index contributed by atoms with van der Waals surface area (Å²) in [6.45, 7) is 0.348. The van der Waals surface area contributed by atoms with Crippen LogP contribution in [0.1, 0.15) is 5.56 Å². The van der Waals surface area contributed by atoms with Crippen LogP contribution in [0.2, 0.25) is 5.02 Å². The van der Waals surface area contributed by atoms with Crippen molar-refractivity contribution in [1.82, 2.24) is 0 Å². The Morgan fingerprint density at radius 3 is 2.61 bits per heavy atom. The summed E-state index contributed by atoms with van der Waals surface area (Å²) in [6, 6.07) is 10.9. The van der Waals surface area contributed by atoms with Gasteiger partial charge >= 0.3 is 0 Å². The van der Waals surface area contributed by atoms with Gasteiger partial charge in [0.2, 0.25) is 0 Å². The summed E-state index contributed by atoms with van der Waals surface area (Å²) >= 11 is 6.14. The first-order chi connectivity index (χ1) is 11.1. The zero-order chi connectivity index (χ0) is 16.4. The van der Waals surface area contributed by atoms with Crippen LogP contribution in [0, 0.1) is 0 Å². The summed E-state index contributed by atoms with van der Waals surface area (Å²) in [7, 11) is 3.06. The molecule has 0 saturated heterocycles. The van der Waals surface area contributed by atoms with Crippen LogP contribution in [0.25, 0.3) is 0 Å². The van der Waals surface area contributed by atoms with Crippen LogP contribution in [-0.4, -0.2) is 26.7 Å². The molecule has 0 bridgehead atoms. The minimum absolute atomic E-state index is 0.0366. The molecule has 0 radical (unpaired) electrons. The number of fused-ring (bicyclic) bond motifs is 1. The second-order valence-corrected chi connectivity index (χ2v) is 5.44. The lowest BCUT2D eigenvalue weighted by Crippen LogP contribution is -2.32. The van der Waals surface area contributed by atoms with Crippen LogP contribution >= 0.6 is 11.6 Å². The molecule has 2 aromatic rings. The second-order valence-electron chi connectivity index (χ2n) is 5.03. The lowest BCUT2D eigenvalue weighted by Gasteiger charge is -2.23. The average Bonchev–Trinajstić information content (AvgIpc) is 2.74. The van der Waals surface area contributed by atoms with Crippen LogP contribution < -0.4 is 19.1 Å². The number of methoxy groups -OCH3 is 2. The third kappa shape index (κ3) is 2.92. The molecule has 0 fully saturated rings. The van der Waals surface area contributed by atoms with E-state index >= 15 is 0 Å². The standard InChI is InChI=1S/C17H16ClNO4/c1-21-15-8-13(16(22-2)7-12(15)18)19-9-11-5-3-4-6-14(11)23-10-17(19)20/h3-8H,9-10H2,1-2H3. The van der Waals surface area contributed by atoms with Gasteiger partial charge in [0.15, 0.2) is 6.61 Å². The number of para-hydroxylation sites is 1. The summed E-state index contributed by atoms with van der Waals surface area (Å²) in [5, 5.41) is 0.423. The van der Waals surface area contributed by atoms with Crippen molar-refractivity contribution in [2.75, 3.05) is 25.7 Å². The van der Waals surface area contributed by atoms with Crippen molar-refractivity contribution in [3.8, 4) is 17.2 Å². The van der Waals surface area contributed by atoms with Gasteiger partial charge in [-0.1, -0.05) is 29.8 Å². The molecular formula is C17H16ClNO4. The first-order valence-corrected chi connectivity index (χ1v) is 7.44. The smallest absolute Gasteiger partial charge is 0.265 e. The van der Waals surface area contributed by atoms with E-state index in [0.717, 1.165) is 5.56 Å². The quantitative estimate of drug-likeness (QED) is 0.865. The lowest BCUT2D eigenvalue weighted by molar-refractivity contribution is -0.120. The van der Waals surface area contributed by atoms with E-state index in [9.17, 15) is 4.79 Å². The van der Waals surface area contributed by atoms with Gasteiger partial charge in [-0.2, -0.15) is 0 Å². The van der Waals surface area contributed by atoms with Crippen LogP contribution in [0.5, 0.6) is 17.2 Å². The number of rotatable bonds is 3. The van der Waals surface area contributed by atoms with E-state index in [1.54, 1.807) is 17.0 Å². The molecule has 23 heavy (non-hydrogen) atoms. The summed E-state index contributed by atoms with van der Waals surface area (Å²) in [5.41, 5.74) is 1.52. The van der Waals surface area contributed by atoms with Crippen molar-refractivity contribution in [3.05, 3.63) is 47.0 Å². The van der Waals surface area contributed by atoms with E-state index in [1.807, 2.05) is 24.3 Å². The Labute approximate surface area is 139 Å². The van der Waals surface area contributed by atoms with Gasteiger partial charge in [-0.15, -0.1) is 0 Å². The van der Waals surface area contributed by atoms with Crippen molar-refractivity contribution in [2.45, 2.75) is 6.54 Å². The van der Waals surface area contributed by atoms with E-state index in [-0.39, 0.29) is 12.5 Å². The molecule has 0 N–H and O–H groups in total. The van der Waals surface area contributed by atoms with Crippen molar-refractivity contribution >= 4 is 23.2 Å². The number of halogens is 1. The Hall–Kier alpha value is -2.40. The highest BCUT2D eigenvalue weighted by atomic mass is 35.5. The van der Waals surface area contributed by atoms with Crippen molar-refractivity contribution in [2.24, 2.45) is 0 Å². The molecule has 6 heteroatoms. The van der Waals surface area contributed by atoms with Gasteiger partial charge in [-0.25, -0.2) is 0 Å². The molecule has 0 aromatic heterocycles. The van der Waals surface area contributed by atoms with Crippen LogP contribution in [0.4, 0.5) is 5.69 Å². The van der Waals surface area contributed by atoms with Gasteiger partial charge < -0.3 is 19.1 Å². The number of nitrogens with zero attached hydrogens (tertiary/aromatic N) is 1. The Kier molecular flexibility index (Phi) is 4.30. The van der Waals surface area contributed by atoms with Crippen molar-refractivity contribution in [3.63, 3.8) is 0 Å². The minimum Gasteiger partial charge on any atom is -0.495 e. The predicted molar refractivity (Wildman–Crippen MR) is 87.7 cm³/mol. The van der Waals surface area contributed by atoms with Gasteiger partial charge in [-0.05, 0) is 6.07 Å². The van der Waals surface area contributed by atoms with Crippen LogP contribution in [0.3, 0.4) is 0 Å². The number of amides is 1. The molecule has 1 heterocycles. The van der Waals surface area contributed by atoms with E-state index in [2.05, 4.69) is 0 Å². The monoisotopic (exact) mass is 333 g/mol. The molecule has 0 aliphatic carbocycles. The Morgan fingerprint density at radius 1 is 1.13 bits per heavy atom. The molecule has 5 nitrogen and oxygen atoms in total. The number of carbonyl (C=O) groups is 1. The lowest BCUT2D eigenvalue weighted by atomic mass is 10.1. The van der Waals surface area contributed by atoms with Gasteiger partial charge in [0.1, 0.15) is 17.2 Å². The number of hydrogen-bond donors (Lipinski definition) is 0. The predicted octanol–water partition coefficient (Wildman–Crippen LogP) is 3.28. The largest absolute Gasteiger partial charge is 0.495 e. The molecule has 0 atom stereocenters. The fraction of sp³-hybridized carbons (Fsp3) is 0.235. The number of ether oxygens (including phenoxy) is 3. The highest BCUT2D eigenvalue weighted by Gasteiger charge is 2.26. The zero-order valence-corrected chi connectivity index (χ0v) is 13.6. The maximum absolute atomic E-state index is 12.5. The number of anilines is 1. The minimum atomic E-state index is -0.163. The SMILES string of the molecule is COc1cc(N2Cc3ccccc3OCC2=O)c(OC)cc1Cl. The molecule has 2 aromatic carbocycles. The Bertz CT molecular complexity index is 747. The zero-order valence-electron chi connectivity index (χ0n) is 12.8.